The summed E-state index contributed by atoms with van der Waals surface area (Å²) in [6.45, 7) is 2.34. The van der Waals surface area contributed by atoms with Crippen molar-refractivity contribution in [1.82, 2.24) is 4.90 Å². The van der Waals surface area contributed by atoms with Crippen molar-refractivity contribution >= 4 is 11.6 Å². The Labute approximate surface area is 111 Å². The molecule has 19 heavy (non-hydrogen) atoms. The maximum atomic E-state index is 13.5. The van der Waals surface area contributed by atoms with Crippen LogP contribution >= 0.6 is 0 Å². The number of nitrogens with one attached hydrogen (secondary N) is 1. The van der Waals surface area contributed by atoms with E-state index in [9.17, 15) is 9.18 Å². The lowest BCUT2D eigenvalue weighted by Gasteiger charge is -2.27. The molecule has 1 saturated heterocycles. The quantitative estimate of drug-likeness (QED) is 0.888. The predicted molar refractivity (Wildman–Crippen MR) is 68.8 cm³/mol. The largest absolute Gasteiger partial charge is 0.497 e. The number of ether oxygens (including phenoxy) is 2. The molecular formula is C13H17FN2O3. The van der Waals surface area contributed by atoms with Gasteiger partial charge in [-0.3, -0.25) is 4.79 Å². The molecule has 0 saturated carbocycles. The van der Waals surface area contributed by atoms with Gasteiger partial charge < -0.3 is 19.7 Å². The average Bonchev–Trinajstić information content (AvgIpc) is 2.47. The number of hydrogen-bond acceptors (Lipinski definition) is 4. The highest BCUT2D eigenvalue weighted by molar-refractivity contribution is 5.81. The second-order valence-electron chi connectivity index (χ2n) is 4.19. The molecule has 0 radical (unpaired) electrons. The Morgan fingerprint density at radius 1 is 1.47 bits per heavy atom. The van der Waals surface area contributed by atoms with Gasteiger partial charge in [0.2, 0.25) is 5.91 Å². The van der Waals surface area contributed by atoms with Crippen molar-refractivity contribution in [3.63, 3.8) is 0 Å². The molecule has 1 fully saturated rings. The summed E-state index contributed by atoms with van der Waals surface area (Å²) in [6, 6.07) is 4.37. The van der Waals surface area contributed by atoms with Crippen LogP contribution in [0.2, 0.25) is 0 Å². The molecule has 0 spiro atoms. The Bertz CT molecular complexity index is 448. The molecule has 0 unspecified atom stereocenters. The Balaban J connectivity index is 1.92. The second kappa shape index (κ2) is 6.38. The van der Waals surface area contributed by atoms with Crippen molar-refractivity contribution in [2.75, 3.05) is 45.3 Å². The van der Waals surface area contributed by atoms with Crippen molar-refractivity contribution in [2.24, 2.45) is 0 Å². The number of anilines is 1. The second-order valence-corrected chi connectivity index (χ2v) is 4.19. The number of benzene rings is 1. The van der Waals surface area contributed by atoms with Crippen LogP contribution in [0.3, 0.4) is 0 Å². The summed E-state index contributed by atoms with van der Waals surface area (Å²) in [4.78, 5) is 13.6. The van der Waals surface area contributed by atoms with E-state index in [1.807, 2.05) is 0 Å². The van der Waals surface area contributed by atoms with Crippen LogP contribution in [0.15, 0.2) is 18.2 Å². The van der Waals surface area contributed by atoms with Crippen LogP contribution < -0.4 is 10.1 Å². The van der Waals surface area contributed by atoms with Gasteiger partial charge in [0.15, 0.2) is 0 Å². The third kappa shape index (κ3) is 3.57. The fraction of sp³-hybridized carbons (Fsp3) is 0.462. The number of nitrogens with zero attached hydrogens (tertiary/aromatic N) is 1. The average molecular weight is 268 g/mol. The molecule has 1 heterocycles. The lowest BCUT2D eigenvalue weighted by molar-refractivity contribution is -0.133. The van der Waals surface area contributed by atoms with Gasteiger partial charge in [-0.1, -0.05) is 0 Å². The predicted octanol–water partition coefficient (Wildman–Crippen LogP) is 1.10. The summed E-state index contributed by atoms with van der Waals surface area (Å²) < 4.78 is 23.7. The van der Waals surface area contributed by atoms with Crippen LogP contribution in [0.5, 0.6) is 5.75 Å². The highest BCUT2D eigenvalue weighted by Gasteiger charge is 2.16. The highest BCUT2D eigenvalue weighted by atomic mass is 19.1. The molecule has 1 amide bonds. The summed E-state index contributed by atoms with van der Waals surface area (Å²) >= 11 is 0. The Morgan fingerprint density at radius 2 is 2.21 bits per heavy atom. The van der Waals surface area contributed by atoms with E-state index in [0.717, 1.165) is 0 Å². The number of rotatable bonds is 4. The number of morpholine rings is 1. The van der Waals surface area contributed by atoms with Crippen LogP contribution in [-0.2, 0) is 9.53 Å². The van der Waals surface area contributed by atoms with Gasteiger partial charge >= 0.3 is 0 Å². The van der Waals surface area contributed by atoms with Crippen molar-refractivity contribution in [2.45, 2.75) is 0 Å². The van der Waals surface area contributed by atoms with E-state index in [0.29, 0.717) is 32.1 Å². The van der Waals surface area contributed by atoms with E-state index in [2.05, 4.69) is 5.32 Å². The first-order valence-electron chi connectivity index (χ1n) is 6.13. The summed E-state index contributed by atoms with van der Waals surface area (Å²) in [5.41, 5.74) is 0.265. The number of halogens is 1. The van der Waals surface area contributed by atoms with Crippen LogP contribution in [-0.4, -0.2) is 50.8 Å². The van der Waals surface area contributed by atoms with E-state index >= 15 is 0 Å². The maximum Gasteiger partial charge on any atom is 0.242 e. The van der Waals surface area contributed by atoms with Gasteiger partial charge in [0, 0.05) is 19.2 Å². The molecule has 2 rings (SSSR count). The van der Waals surface area contributed by atoms with Gasteiger partial charge in [0.1, 0.15) is 11.6 Å². The van der Waals surface area contributed by atoms with Gasteiger partial charge in [-0.15, -0.1) is 0 Å². The van der Waals surface area contributed by atoms with E-state index < -0.39 is 5.82 Å². The molecule has 1 aromatic carbocycles. The normalized spacial score (nSPS) is 15.2. The van der Waals surface area contributed by atoms with E-state index in [1.165, 1.54) is 25.3 Å². The summed E-state index contributed by atoms with van der Waals surface area (Å²) in [5.74, 6) is 0.0730. The topological polar surface area (TPSA) is 50.8 Å². The molecule has 0 aliphatic carbocycles. The van der Waals surface area contributed by atoms with Crippen LogP contribution in [0.4, 0.5) is 10.1 Å². The van der Waals surface area contributed by atoms with Gasteiger partial charge in [0.25, 0.3) is 0 Å². The van der Waals surface area contributed by atoms with Crippen LogP contribution in [0, 0.1) is 5.82 Å². The third-order valence-corrected chi connectivity index (χ3v) is 2.97. The number of carbonyl (C=O) groups is 1. The minimum absolute atomic E-state index is 0.0596. The minimum atomic E-state index is -0.407. The monoisotopic (exact) mass is 268 g/mol. The summed E-state index contributed by atoms with van der Waals surface area (Å²) in [7, 11) is 1.51. The van der Waals surface area contributed by atoms with E-state index in [1.54, 1.807) is 4.90 Å². The van der Waals surface area contributed by atoms with E-state index in [4.69, 9.17) is 9.47 Å². The molecule has 6 heteroatoms. The molecule has 5 nitrogen and oxygen atoms in total. The first kappa shape index (κ1) is 13.6. The molecule has 0 atom stereocenters. The smallest absolute Gasteiger partial charge is 0.242 e. The molecular weight excluding hydrogens is 251 g/mol. The van der Waals surface area contributed by atoms with Gasteiger partial charge in [0.05, 0.1) is 32.6 Å². The van der Waals surface area contributed by atoms with Crippen molar-refractivity contribution in [3.8, 4) is 5.75 Å². The molecule has 1 aliphatic heterocycles. The first-order valence-corrected chi connectivity index (χ1v) is 6.13. The standard InChI is InChI=1S/C13H17FN2O3/c1-18-10-2-3-11(14)12(8-10)15-9-13(17)16-4-6-19-7-5-16/h2-3,8,15H,4-7,9H2,1H3. The fourth-order valence-corrected chi connectivity index (χ4v) is 1.86. The van der Waals surface area contributed by atoms with Gasteiger partial charge in [-0.2, -0.15) is 0 Å². The number of carbonyl (C=O) groups excluding carboxylic acids is 1. The van der Waals surface area contributed by atoms with Crippen molar-refractivity contribution < 1.29 is 18.7 Å². The maximum absolute atomic E-state index is 13.5. The van der Waals surface area contributed by atoms with E-state index in [-0.39, 0.29) is 18.1 Å². The lowest BCUT2D eigenvalue weighted by atomic mass is 10.3. The SMILES string of the molecule is COc1ccc(F)c(NCC(=O)N2CCOCC2)c1. The number of amides is 1. The molecule has 1 aromatic rings. The zero-order valence-electron chi connectivity index (χ0n) is 10.8. The van der Waals surface area contributed by atoms with Gasteiger partial charge in [-0.25, -0.2) is 4.39 Å². The van der Waals surface area contributed by atoms with Crippen LogP contribution in [0.1, 0.15) is 0 Å². The highest BCUT2D eigenvalue weighted by Crippen LogP contribution is 2.20. The molecule has 0 aromatic heterocycles. The minimum Gasteiger partial charge on any atom is -0.497 e. The molecule has 1 aliphatic rings. The molecule has 104 valence electrons. The summed E-state index contributed by atoms with van der Waals surface area (Å²) in [6.07, 6.45) is 0. The lowest BCUT2D eigenvalue weighted by Crippen LogP contribution is -2.43. The molecule has 0 bridgehead atoms. The molecule has 1 N–H and O–H groups in total. The Kier molecular flexibility index (Phi) is 4.57. The van der Waals surface area contributed by atoms with Crippen molar-refractivity contribution in [3.05, 3.63) is 24.0 Å². The first-order chi connectivity index (χ1) is 9.20. The fourth-order valence-electron chi connectivity index (χ4n) is 1.86. The number of methoxy groups -OCH3 is 1. The zero-order valence-corrected chi connectivity index (χ0v) is 10.8. The number of hydrogen-bond donors (Lipinski definition) is 1. The van der Waals surface area contributed by atoms with Crippen molar-refractivity contribution in [1.29, 1.82) is 0 Å². The van der Waals surface area contributed by atoms with Crippen LogP contribution in [0.25, 0.3) is 0 Å². The summed E-state index contributed by atoms with van der Waals surface area (Å²) in [5, 5.41) is 2.80. The third-order valence-electron chi connectivity index (χ3n) is 2.97. The Morgan fingerprint density at radius 3 is 2.89 bits per heavy atom. The zero-order chi connectivity index (χ0) is 13.7. The Hall–Kier alpha value is -1.82. The van der Waals surface area contributed by atoms with Gasteiger partial charge in [-0.05, 0) is 12.1 Å².